The Hall–Kier alpha value is -1.44. The molecule has 2 N–H and O–H groups in total. The third-order valence-electron chi connectivity index (χ3n) is 2.31. The van der Waals surface area contributed by atoms with Crippen molar-refractivity contribution in [2.45, 2.75) is 25.2 Å². The summed E-state index contributed by atoms with van der Waals surface area (Å²) in [4.78, 5) is 21.9. The molecule has 104 valence electrons. The van der Waals surface area contributed by atoms with Crippen molar-refractivity contribution >= 4 is 39.1 Å². The number of ketones is 1. The van der Waals surface area contributed by atoms with Gasteiger partial charge in [-0.1, -0.05) is 11.6 Å². The molecule has 0 spiro atoms. The number of benzene rings is 1. The van der Waals surface area contributed by atoms with Crippen molar-refractivity contribution in [2.75, 3.05) is 5.32 Å². The van der Waals surface area contributed by atoms with Gasteiger partial charge in [-0.05, 0) is 31.5 Å². The van der Waals surface area contributed by atoms with E-state index in [-0.39, 0.29) is 22.1 Å². The van der Waals surface area contributed by atoms with Crippen LogP contribution in [0.2, 0.25) is 5.02 Å². The fraction of sp³-hybridized carbons (Fsp3) is 0.273. The Morgan fingerprint density at radius 1 is 1.37 bits per heavy atom. The van der Waals surface area contributed by atoms with Crippen LogP contribution >= 0.6 is 11.6 Å². The van der Waals surface area contributed by atoms with E-state index in [9.17, 15) is 18.0 Å². The van der Waals surface area contributed by atoms with E-state index < -0.39 is 27.3 Å². The Kier molecular flexibility index (Phi) is 4.67. The Morgan fingerprint density at radius 2 is 1.95 bits per heavy atom. The molecule has 1 amide bonds. The highest BCUT2D eigenvalue weighted by molar-refractivity contribution is 7.86. The molecule has 0 unspecified atom stereocenters. The predicted molar refractivity (Wildman–Crippen MR) is 69.9 cm³/mol. The largest absolute Gasteiger partial charge is 0.324 e. The molecule has 8 heteroatoms. The van der Waals surface area contributed by atoms with Crippen molar-refractivity contribution in [1.29, 1.82) is 0 Å². The highest BCUT2D eigenvalue weighted by Gasteiger charge is 2.20. The highest BCUT2D eigenvalue weighted by atomic mass is 35.5. The maximum atomic E-state index is 11.5. The van der Waals surface area contributed by atoms with Crippen LogP contribution in [-0.2, 0) is 19.7 Å². The molecule has 6 nitrogen and oxygen atoms in total. The van der Waals surface area contributed by atoms with Crippen LogP contribution in [0, 0.1) is 6.92 Å². The van der Waals surface area contributed by atoms with Gasteiger partial charge < -0.3 is 5.32 Å². The van der Waals surface area contributed by atoms with E-state index in [1.165, 1.54) is 19.9 Å². The van der Waals surface area contributed by atoms with Gasteiger partial charge in [-0.2, -0.15) is 8.42 Å². The van der Waals surface area contributed by atoms with E-state index in [4.69, 9.17) is 16.2 Å². The Morgan fingerprint density at radius 3 is 2.42 bits per heavy atom. The molecule has 0 saturated heterocycles. The lowest BCUT2D eigenvalue weighted by atomic mass is 10.2. The third kappa shape index (κ3) is 4.02. The summed E-state index contributed by atoms with van der Waals surface area (Å²) in [5.74, 6) is -1.05. The van der Waals surface area contributed by atoms with Crippen LogP contribution in [0.3, 0.4) is 0 Å². The maximum Gasteiger partial charge on any atom is 0.296 e. The number of nitrogens with one attached hydrogen (secondary N) is 1. The Labute approximate surface area is 115 Å². The second kappa shape index (κ2) is 5.68. The molecule has 1 aromatic rings. The van der Waals surface area contributed by atoms with Crippen molar-refractivity contribution in [3.8, 4) is 0 Å². The molecule has 0 atom stereocenters. The zero-order valence-corrected chi connectivity index (χ0v) is 11.8. The maximum absolute atomic E-state index is 11.5. The first-order valence-corrected chi connectivity index (χ1v) is 7.00. The van der Waals surface area contributed by atoms with Crippen LogP contribution in [0.25, 0.3) is 0 Å². The van der Waals surface area contributed by atoms with Gasteiger partial charge in [0.15, 0.2) is 0 Å². The van der Waals surface area contributed by atoms with Crippen LogP contribution < -0.4 is 5.32 Å². The zero-order valence-electron chi connectivity index (χ0n) is 10.2. The first-order chi connectivity index (χ1) is 8.62. The zero-order chi connectivity index (χ0) is 14.8. The molecule has 1 rings (SSSR count). The SMILES string of the molecule is CC(=O)CC(=O)Nc1c(S(=O)(=O)O)ccc(Cl)c1C. The predicted octanol–water partition coefficient (Wildman–Crippen LogP) is 1.81. The lowest BCUT2D eigenvalue weighted by molar-refractivity contribution is -0.124. The Balaban J connectivity index is 3.28. The molecule has 0 aliphatic heterocycles. The molecule has 19 heavy (non-hydrogen) atoms. The minimum Gasteiger partial charge on any atom is -0.324 e. The smallest absolute Gasteiger partial charge is 0.296 e. The van der Waals surface area contributed by atoms with Crippen molar-refractivity contribution in [1.82, 2.24) is 0 Å². The molecular weight excluding hydrogens is 294 g/mol. The van der Waals surface area contributed by atoms with Crippen molar-refractivity contribution in [2.24, 2.45) is 0 Å². The third-order valence-corrected chi connectivity index (χ3v) is 3.62. The fourth-order valence-corrected chi connectivity index (χ4v) is 2.30. The number of hydrogen-bond acceptors (Lipinski definition) is 4. The number of halogens is 1. The van der Waals surface area contributed by atoms with Gasteiger partial charge in [-0.25, -0.2) is 0 Å². The normalized spacial score (nSPS) is 11.2. The van der Waals surface area contributed by atoms with Crippen LogP contribution in [-0.4, -0.2) is 24.7 Å². The quantitative estimate of drug-likeness (QED) is 0.652. The summed E-state index contributed by atoms with van der Waals surface area (Å²) >= 11 is 5.83. The Bertz CT molecular complexity index is 639. The lowest BCUT2D eigenvalue weighted by Crippen LogP contribution is -2.18. The lowest BCUT2D eigenvalue weighted by Gasteiger charge is -2.13. The van der Waals surface area contributed by atoms with Gasteiger partial charge in [0.2, 0.25) is 5.91 Å². The molecule has 0 aliphatic rings. The van der Waals surface area contributed by atoms with Gasteiger partial charge in [0, 0.05) is 5.02 Å². The van der Waals surface area contributed by atoms with E-state index in [1.54, 1.807) is 0 Å². The summed E-state index contributed by atoms with van der Waals surface area (Å²) in [5.41, 5.74) is 0.162. The number of rotatable bonds is 4. The fourth-order valence-electron chi connectivity index (χ4n) is 1.44. The molecule has 0 radical (unpaired) electrons. The second-order valence-corrected chi connectivity index (χ2v) is 5.74. The minimum atomic E-state index is -4.51. The highest BCUT2D eigenvalue weighted by Crippen LogP contribution is 2.30. The molecular formula is C11H12ClNO5S. The van der Waals surface area contributed by atoms with Crippen molar-refractivity contribution in [3.63, 3.8) is 0 Å². The second-order valence-electron chi connectivity index (χ2n) is 3.95. The summed E-state index contributed by atoms with van der Waals surface area (Å²) in [6, 6.07) is 2.37. The van der Waals surface area contributed by atoms with Gasteiger partial charge in [0.25, 0.3) is 10.1 Å². The summed E-state index contributed by atoms with van der Waals surface area (Å²) in [6.07, 6.45) is -0.392. The van der Waals surface area contributed by atoms with E-state index >= 15 is 0 Å². The van der Waals surface area contributed by atoms with Gasteiger partial charge in [-0.3, -0.25) is 14.1 Å². The summed E-state index contributed by atoms with van der Waals surface area (Å²) in [7, 11) is -4.51. The molecule has 0 bridgehead atoms. The summed E-state index contributed by atoms with van der Waals surface area (Å²) < 4.78 is 31.5. The minimum absolute atomic E-state index is 0.124. The summed E-state index contributed by atoms with van der Waals surface area (Å²) in [6.45, 7) is 2.72. The topological polar surface area (TPSA) is 101 Å². The average molecular weight is 306 g/mol. The first kappa shape index (κ1) is 15.6. The monoisotopic (exact) mass is 305 g/mol. The van der Waals surface area contributed by atoms with Gasteiger partial charge in [0.1, 0.15) is 10.7 Å². The molecule has 1 aromatic carbocycles. The summed E-state index contributed by atoms with van der Waals surface area (Å²) in [5, 5.41) is 2.50. The number of amides is 1. The van der Waals surface area contributed by atoms with Gasteiger partial charge >= 0.3 is 0 Å². The molecule has 0 aromatic heterocycles. The average Bonchev–Trinajstić information content (AvgIpc) is 2.22. The van der Waals surface area contributed by atoms with Crippen molar-refractivity contribution in [3.05, 3.63) is 22.7 Å². The molecule has 0 fully saturated rings. The van der Waals surface area contributed by atoms with Crippen molar-refractivity contribution < 1.29 is 22.6 Å². The first-order valence-electron chi connectivity index (χ1n) is 5.19. The molecule has 0 saturated carbocycles. The van der Waals surface area contributed by atoms with Crippen LogP contribution in [0.15, 0.2) is 17.0 Å². The molecule has 0 heterocycles. The van der Waals surface area contributed by atoms with Crippen LogP contribution in [0.5, 0.6) is 0 Å². The van der Waals surface area contributed by atoms with E-state index in [0.29, 0.717) is 0 Å². The van der Waals surface area contributed by atoms with Gasteiger partial charge in [0.05, 0.1) is 12.1 Å². The number of Topliss-reactive ketones (excluding diaryl/α,β-unsaturated/α-hetero) is 1. The van der Waals surface area contributed by atoms with E-state index in [2.05, 4.69) is 5.32 Å². The number of carbonyl (C=O) groups excluding carboxylic acids is 2. The molecule has 0 aliphatic carbocycles. The van der Waals surface area contributed by atoms with E-state index in [1.807, 2.05) is 0 Å². The number of anilines is 1. The number of carbonyl (C=O) groups is 2. The van der Waals surface area contributed by atoms with E-state index in [0.717, 1.165) is 6.07 Å². The van der Waals surface area contributed by atoms with Gasteiger partial charge in [-0.15, -0.1) is 0 Å². The standard InChI is InChI=1S/C11H12ClNO5S/c1-6(14)5-10(15)13-11-7(2)8(12)3-4-9(11)19(16,17)18/h3-4H,5H2,1-2H3,(H,13,15)(H,16,17,18). The van der Waals surface area contributed by atoms with Crippen LogP contribution in [0.4, 0.5) is 5.69 Å². The number of hydrogen-bond donors (Lipinski definition) is 2. The van der Waals surface area contributed by atoms with Crippen LogP contribution in [0.1, 0.15) is 18.9 Å².